The molecule has 5 heteroatoms. The lowest BCUT2D eigenvalue weighted by Crippen LogP contribution is -2.34. The van der Waals surface area contributed by atoms with Crippen LogP contribution in [0.2, 0.25) is 0 Å². The zero-order chi connectivity index (χ0) is 15.2. The van der Waals surface area contributed by atoms with Gasteiger partial charge in [0.25, 0.3) is 5.56 Å². The van der Waals surface area contributed by atoms with Crippen LogP contribution in [0, 0.1) is 6.92 Å². The lowest BCUT2D eigenvalue weighted by atomic mass is 10.2. The summed E-state index contributed by atoms with van der Waals surface area (Å²) in [7, 11) is 0. The standard InChI is InChI=1S/C16H18N2O3/c1-13-5-7-14(8-6-13)18(12-16(20)21)11-10-17-9-3-2-4-15(17)19/h2-9H,10-12H2,1H3,(H,20,21). The third-order valence-corrected chi connectivity index (χ3v) is 3.24. The SMILES string of the molecule is Cc1ccc(N(CCn2ccccc2=O)CC(=O)O)cc1. The smallest absolute Gasteiger partial charge is 0.323 e. The molecular weight excluding hydrogens is 268 g/mol. The first kappa shape index (κ1) is 14.8. The van der Waals surface area contributed by atoms with E-state index in [4.69, 9.17) is 5.11 Å². The number of aromatic nitrogens is 1. The van der Waals surface area contributed by atoms with Crippen LogP contribution in [0.25, 0.3) is 0 Å². The second-order valence-corrected chi connectivity index (χ2v) is 4.88. The maximum Gasteiger partial charge on any atom is 0.323 e. The number of carbonyl (C=O) groups is 1. The van der Waals surface area contributed by atoms with E-state index in [1.165, 1.54) is 6.07 Å². The summed E-state index contributed by atoms with van der Waals surface area (Å²) < 4.78 is 1.57. The van der Waals surface area contributed by atoms with Gasteiger partial charge in [-0.3, -0.25) is 9.59 Å². The Morgan fingerprint density at radius 2 is 1.90 bits per heavy atom. The largest absolute Gasteiger partial charge is 0.480 e. The van der Waals surface area contributed by atoms with Gasteiger partial charge in [-0.1, -0.05) is 23.8 Å². The third kappa shape index (κ3) is 4.21. The molecule has 1 heterocycles. The van der Waals surface area contributed by atoms with Crippen molar-refractivity contribution >= 4 is 11.7 Å². The van der Waals surface area contributed by atoms with Crippen molar-refractivity contribution in [3.05, 3.63) is 64.6 Å². The second kappa shape index (κ2) is 6.74. The first-order valence-corrected chi connectivity index (χ1v) is 6.75. The van der Waals surface area contributed by atoms with E-state index in [0.717, 1.165) is 11.3 Å². The van der Waals surface area contributed by atoms with Crippen molar-refractivity contribution in [2.24, 2.45) is 0 Å². The van der Waals surface area contributed by atoms with Gasteiger partial charge >= 0.3 is 5.97 Å². The van der Waals surface area contributed by atoms with Crippen LogP contribution in [0.4, 0.5) is 5.69 Å². The molecule has 0 saturated heterocycles. The van der Waals surface area contributed by atoms with Crippen LogP contribution in [-0.4, -0.2) is 28.7 Å². The summed E-state index contributed by atoms with van der Waals surface area (Å²) >= 11 is 0. The molecule has 0 bridgehead atoms. The molecular formula is C16H18N2O3. The Kier molecular flexibility index (Phi) is 4.77. The molecule has 0 spiro atoms. The predicted molar refractivity (Wildman–Crippen MR) is 81.7 cm³/mol. The Balaban J connectivity index is 2.13. The number of anilines is 1. The van der Waals surface area contributed by atoms with Gasteiger partial charge in [0.2, 0.25) is 0 Å². The molecule has 0 aliphatic rings. The van der Waals surface area contributed by atoms with Crippen LogP contribution >= 0.6 is 0 Å². The number of aryl methyl sites for hydroxylation is 1. The molecule has 5 nitrogen and oxygen atoms in total. The Labute approximate surface area is 123 Å². The van der Waals surface area contributed by atoms with E-state index in [-0.39, 0.29) is 12.1 Å². The quantitative estimate of drug-likeness (QED) is 0.878. The van der Waals surface area contributed by atoms with E-state index in [0.29, 0.717) is 13.1 Å². The predicted octanol–water partition coefficient (Wildman–Crippen LogP) is 1.75. The van der Waals surface area contributed by atoms with Gasteiger partial charge in [-0.25, -0.2) is 0 Å². The Morgan fingerprint density at radius 3 is 2.52 bits per heavy atom. The van der Waals surface area contributed by atoms with Gasteiger partial charge in [-0.05, 0) is 25.1 Å². The van der Waals surface area contributed by atoms with E-state index < -0.39 is 5.97 Å². The highest BCUT2D eigenvalue weighted by Gasteiger charge is 2.10. The van der Waals surface area contributed by atoms with Gasteiger partial charge in [0.05, 0.1) is 0 Å². The molecule has 1 aromatic heterocycles. The van der Waals surface area contributed by atoms with E-state index >= 15 is 0 Å². The summed E-state index contributed by atoms with van der Waals surface area (Å²) in [5.41, 5.74) is 1.87. The zero-order valence-corrected chi connectivity index (χ0v) is 11.9. The summed E-state index contributed by atoms with van der Waals surface area (Å²) in [5.74, 6) is -0.893. The number of rotatable bonds is 6. The summed E-state index contributed by atoms with van der Waals surface area (Å²) in [5, 5.41) is 9.04. The number of carboxylic acids is 1. The Bertz CT molecular complexity index is 662. The fourth-order valence-corrected chi connectivity index (χ4v) is 2.09. The number of hydrogen-bond donors (Lipinski definition) is 1. The second-order valence-electron chi connectivity index (χ2n) is 4.88. The molecule has 1 N–H and O–H groups in total. The van der Waals surface area contributed by atoms with Gasteiger partial charge in [0.1, 0.15) is 6.54 Å². The van der Waals surface area contributed by atoms with E-state index in [9.17, 15) is 9.59 Å². The van der Waals surface area contributed by atoms with Crippen molar-refractivity contribution in [1.29, 1.82) is 0 Å². The first-order valence-electron chi connectivity index (χ1n) is 6.75. The number of aliphatic carboxylic acids is 1. The minimum absolute atomic E-state index is 0.0864. The molecule has 0 aliphatic carbocycles. The van der Waals surface area contributed by atoms with E-state index in [2.05, 4.69) is 0 Å². The van der Waals surface area contributed by atoms with Crippen molar-refractivity contribution in [1.82, 2.24) is 4.57 Å². The molecule has 0 aliphatic heterocycles. The molecule has 0 radical (unpaired) electrons. The molecule has 110 valence electrons. The van der Waals surface area contributed by atoms with E-state index in [1.54, 1.807) is 27.8 Å². The third-order valence-electron chi connectivity index (χ3n) is 3.24. The summed E-state index contributed by atoms with van der Waals surface area (Å²) in [4.78, 5) is 24.4. The number of benzene rings is 1. The summed E-state index contributed by atoms with van der Waals surface area (Å²) in [6.45, 7) is 2.79. The maximum atomic E-state index is 11.7. The fourth-order valence-electron chi connectivity index (χ4n) is 2.09. The van der Waals surface area contributed by atoms with Crippen LogP contribution in [0.3, 0.4) is 0 Å². The van der Waals surface area contributed by atoms with Crippen molar-refractivity contribution < 1.29 is 9.90 Å². The Morgan fingerprint density at radius 1 is 1.19 bits per heavy atom. The molecule has 0 amide bonds. The van der Waals surface area contributed by atoms with Crippen LogP contribution in [0.1, 0.15) is 5.56 Å². The first-order chi connectivity index (χ1) is 10.1. The van der Waals surface area contributed by atoms with Crippen molar-refractivity contribution in [3.63, 3.8) is 0 Å². The van der Waals surface area contributed by atoms with Crippen LogP contribution in [0.5, 0.6) is 0 Å². The molecule has 0 unspecified atom stereocenters. The van der Waals surface area contributed by atoms with Crippen LogP contribution < -0.4 is 10.5 Å². The molecule has 2 aromatic rings. The lowest BCUT2D eigenvalue weighted by molar-refractivity contribution is -0.135. The normalized spacial score (nSPS) is 10.3. The molecule has 0 atom stereocenters. The van der Waals surface area contributed by atoms with Gasteiger partial charge in [0.15, 0.2) is 0 Å². The minimum atomic E-state index is -0.893. The highest BCUT2D eigenvalue weighted by atomic mass is 16.4. The molecule has 1 aromatic carbocycles. The molecule has 0 fully saturated rings. The monoisotopic (exact) mass is 286 g/mol. The molecule has 0 saturated carbocycles. The fraction of sp³-hybridized carbons (Fsp3) is 0.250. The maximum absolute atomic E-state index is 11.7. The van der Waals surface area contributed by atoms with Crippen molar-refractivity contribution in [2.75, 3.05) is 18.0 Å². The van der Waals surface area contributed by atoms with E-state index in [1.807, 2.05) is 31.2 Å². The number of hydrogen-bond acceptors (Lipinski definition) is 3. The average molecular weight is 286 g/mol. The zero-order valence-electron chi connectivity index (χ0n) is 11.9. The van der Waals surface area contributed by atoms with Gasteiger partial charge in [-0.15, -0.1) is 0 Å². The topological polar surface area (TPSA) is 62.5 Å². The van der Waals surface area contributed by atoms with Crippen molar-refractivity contribution in [3.8, 4) is 0 Å². The summed E-state index contributed by atoms with van der Waals surface area (Å²) in [6, 6.07) is 12.6. The molecule has 21 heavy (non-hydrogen) atoms. The van der Waals surface area contributed by atoms with Crippen LogP contribution in [0.15, 0.2) is 53.5 Å². The van der Waals surface area contributed by atoms with Crippen molar-refractivity contribution in [2.45, 2.75) is 13.5 Å². The van der Waals surface area contributed by atoms with Gasteiger partial charge in [-0.2, -0.15) is 0 Å². The number of carboxylic acid groups (broad SMARTS) is 1. The average Bonchev–Trinajstić information content (AvgIpc) is 2.45. The highest BCUT2D eigenvalue weighted by Crippen LogP contribution is 2.14. The van der Waals surface area contributed by atoms with Crippen LogP contribution in [-0.2, 0) is 11.3 Å². The van der Waals surface area contributed by atoms with Gasteiger partial charge in [0, 0.05) is 31.0 Å². The Hall–Kier alpha value is -2.56. The van der Waals surface area contributed by atoms with Gasteiger partial charge < -0.3 is 14.6 Å². The highest BCUT2D eigenvalue weighted by molar-refractivity contribution is 5.73. The number of nitrogens with zero attached hydrogens (tertiary/aromatic N) is 2. The lowest BCUT2D eigenvalue weighted by Gasteiger charge is -2.23. The minimum Gasteiger partial charge on any atom is -0.480 e. The molecule has 2 rings (SSSR count). The summed E-state index contributed by atoms with van der Waals surface area (Å²) in [6.07, 6.45) is 1.70. The number of pyridine rings is 1.